The van der Waals surface area contributed by atoms with Crippen LogP contribution in [0.4, 0.5) is 5.82 Å². The Bertz CT molecular complexity index is 365. The van der Waals surface area contributed by atoms with Crippen LogP contribution >= 0.6 is 27.5 Å². The molecule has 3 nitrogen and oxygen atoms in total. The standard InChI is InChI=1S/C11H16BrClN2O/c1-4-15(7-11(2,3)16)10-9(12)5-8(13)6-14-10/h5-6,16H,4,7H2,1-3H3. The van der Waals surface area contributed by atoms with Crippen molar-refractivity contribution in [3.63, 3.8) is 0 Å². The molecule has 1 aromatic heterocycles. The molecule has 0 spiro atoms. The van der Waals surface area contributed by atoms with Gasteiger partial charge < -0.3 is 10.0 Å². The lowest BCUT2D eigenvalue weighted by atomic mass is 10.1. The number of aromatic nitrogens is 1. The van der Waals surface area contributed by atoms with Crippen molar-refractivity contribution in [2.75, 3.05) is 18.0 Å². The summed E-state index contributed by atoms with van der Waals surface area (Å²) in [5.41, 5.74) is -0.753. The van der Waals surface area contributed by atoms with Crippen LogP contribution in [0, 0.1) is 0 Å². The van der Waals surface area contributed by atoms with Gasteiger partial charge in [-0.2, -0.15) is 0 Å². The number of hydrogen-bond acceptors (Lipinski definition) is 3. The minimum atomic E-state index is -0.753. The summed E-state index contributed by atoms with van der Waals surface area (Å²) in [4.78, 5) is 6.27. The van der Waals surface area contributed by atoms with Crippen LogP contribution in [0.5, 0.6) is 0 Å². The average molecular weight is 308 g/mol. The van der Waals surface area contributed by atoms with Crippen molar-refractivity contribution in [2.45, 2.75) is 26.4 Å². The average Bonchev–Trinajstić information content (AvgIpc) is 2.13. The Kier molecular flexibility index (Phi) is 4.59. The van der Waals surface area contributed by atoms with Gasteiger partial charge in [0, 0.05) is 19.3 Å². The quantitative estimate of drug-likeness (QED) is 0.928. The Labute approximate surface area is 110 Å². The number of nitrogens with zero attached hydrogens (tertiary/aromatic N) is 2. The molecule has 0 aliphatic heterocycles. The van der Waals surface area contributed by atoms with Crippen LogP contribution in [0.15, 0.2) is 16.7 Å². The first-order valence-electron chi connectivity index (χ1n) is 5.12. The molecule has 0 saturated heterocycles. The zero-order valence-corrected chi connectivity index (χ0v) is 12.0. The largest absolute Gasteiger partial charge is 0.389 e. The number of rotatable bonds is 4. The van der Waals surface area contributed by atoms with E-state index in [4.69, 9.17) is 11.6 Å². The van der Waals surface area contributed by atoms with E-state index in [9.17, 15) is 5.11 Å². The Balaban J connectivity index is 2.95. The molecule has 0 aromatic carbocycles. The van der Waals surface area contributed by atoms with E-state index in [1.54, 1.807) is 26.1 Å². The van der Waals surface area contributed by atoms with Gasteiger partial charge in [0.2, 0.25) is 0 Å². The van der Waals surface area contributed by atoms with Crippen LogP contribution in [0.1, 0.15) is 20.8 Å². The highest BCUT2D eigenvalue weighted by atomic mass is 79.9. The fourth-order valence-electron chi connectivity index (χ4n) is 1.44. The van der Waals surface area contributed by atoms with Crippen molar-refractivity contribution in [3.05, 3.63) is 21.8 Å². The first-order valence-corrected chi connectivity index (χ1v) is 6.29. The van der Waals surface area contributed by atoms with Crippen molar-refractivity contribution in [2.24, 2.45) is 0 Å². The maximum absolute atomic E-state index is 9.82. The predicted octanol–water partition coefficient (Wildman–Crippen LogP) is 3.09. The molecule has 0 saturated carbocycles. The summed E-state index contributed by atoms with van der Waals surface area (Å²) in [6.07, 6.45) is 1.61. The molecule has 0 unspecified atom stereocenters. The third-order valence-electron chi connectivity index (χ3n) is 2.05. The maximum Gasteiger partial charge on any atom is 0.143 e. The molecule has 0 bridgehead atoms. The fourth-order valence-corrected chi connectivity index (χ4v) is 2.33. The van der Waals surface area contributed by atoms with Gasteiger partial charge in [-0.1, -0.05) is 11.6 Å². The Morgan fingerprint density at radius 1 is 1.56 bits per heavy atom. The molecule has 0 radical (unpaired) electrons. The maximum atomic E-state index is 9.82. The Hall–Kier alpha value is -0.320. The second kappa shape index (κ2) is 5.34. The number of likely N-dealkylation sites (N-methyl/N-ethyl adjacent to an activating group) is 1. The monoisotopic (exact) mass is 306 g/mol. The molecule has 0 amide bonds. The number of hydrogen-bond donors (Lipinski definition) is 1. The van der Waals surface area contributed by atoms with Crippen LogP contribution in [0.3, 0.4) is 0 Å². The third kappa shape index (κ3) is 3.92. The molecular weight excluding hydrogens is 291 g/mol. The Morgan fingerprint density at radius 2 is 2.19 bits per heavy atom. The second-order valence-electron chi connectivity index (χ2n) is 4.29. The van der Waals surface area contributed by atoms with Crippen LogP contribution in [0.25, 0.3) is 0 Å². The van der Waals surface area contributed by atoms with E-state index in [1.165, 1.54) is 0 Å². The summed E-state index contributed by atoms with van der Waals surface area (Å²) in [6, 6.07) is 1.80. The van der Waals surface area contributed by atoms with Crippen molar-refractivity contribution >= 4 is 33.3 Å². The van der Waals surface area contributed by atoms with E-state index in [0.29, 0.717) is 11.6 Å². The van der Waals surface area contributed by atoms with Crippen molar-refractivity contribution in [3.8, 4) is 0 Å². The lowest BCUT2D eigenvalue weighted by Crippen LogP contribution is -2.39. The van der Waals surface area contributed by atoms with E-state index in [-0.39, 0.29) is 0 Å². The van der Waals surface area contributed by atoms with Crippen LogP contribution in [-0.4, -0.2) is 28.8 Å². The molecule has 5 heteroatoms. The smallest absolute Gasteiger partial charge is 0.143 e. The van der Waals surface area contributed by atoms with Gasteiger partial charge in [0.15, 0.2) is 0 Å². The predicted molar refractivity (Wildman–Crippen MR) is 71.1 cm³/mol. The van der Waals surface area contributed by atoms with Gasteiger partial charge in [0.1, 0.15) is 5.82 Å². The van der Waals surface area contributed by atoms with Crippen LogP contribution in [0.2, 0.25) is 5.02 Å². The van der Waals surface area contributed by atoms with Crippen molar-refractivity contribution < 1.29 is 5.11 Å². The minimum Gasteiger partial charge on any atom is -0.389 e. The molecule has 0 atom stereocenters. The fraction of sp³-hybridized carbons (Fsp3) is 0.545. The molecule has 16 heavy (non-hydrogen) atoms. The molecule has 1 aromatic rings. The summed E-state index contributed by atoms with van der Waals surface area (Å²) in [7, 11) is 0. The zero-order valence-electron chi connectivity index (χ0n) is 9.67. The third-order valence-corrected chi connectivity index (χ3v) is 2.84. The first kappa shape index (κ1) is 13.7. The number of anilines is 1. The van der Waals surface area contributed by atoms with Gasteiger partial charge >= 0.3 is 0 Å². The van der Waals surface area contributed by atoms with Gasteiger partial charge in [-0.05, 0) is 42.8 Å². The summed E-state index contributed by atoms with van der Waals surface area (Å²) >= 11 is 9.26. The first-order chi connectivity index (χ1) is 7.33. The highest BCUT2D eigenvalue weighted by Crippen LogP contribution is 2.27. The molecule has 1 heterocycles. The van der Waals surface area contributed by atoms with Crippen molar-refractivity contribution in [1.82, 2.24) is 4.98 Å². The van der Waals surface area contributed by atoms with Gasteiger partial charge in [-0.3, -0.25) is 0 Å². The van der Waals surface area contributed by atoms with E-state index in [0.717, 1.165) is 16.8 Å². The lowest BCUT2D eigenvalue weighted by molar-refractivity contribution is 0.0874. The van der Waals surface area contributed by atoms with E-state index >= 15 is 0 Å². The summed E-state index contributed by atoms with van der Waals surface area (Å²) < 4.78 is 0.839. The number of pyridine rings is 1. The van der Waals surface area contributed by atoms with Gasteiger partial charge in [-0.15, -0.1) is 0 Å². The molecule has 0 aliphatic rings. The molecular formula is C11H16BrClN2O. The second-order valence-corrected chi connectivity index (χ2v) is 5.58. The molecule has 90 valence electrons. The van der Waals surface area contributed by atoms with Crippen LogP contribution in [-0.2, 0) is 0 Å². The summed E-state index contributed by atoms with van der Waals surface area (Å²) in [6.45, 7) is 6.88. The van der Waals surface area contributed by atoms with E-state index in [2.05, 4.69) is 20.9 Å². The molecule has 0 fully saturated rings. The van der Waals surface area contributed by atoms with Crippen molar-refractivity contribution in [1.29, 1.82) is 0 Å². The summed E-state index contributed by atoms with van der Waals surface area (Å²) in [5.74, 6) is 0.800. The zero-order chi connectivity index (χ0) is 12.3. The van der Waals surface area contributed by atoms with E-state index < -0.39 is 5.60 Å². The normalized spacial score (nSPS) is 11.6. The molecule has 1 rings (SSSR count). The van der Waals surface area contributed by atoms with Gasteiger partial charge in [0.25, 0.3) is 0 Å². The van der Waals surface area contributed by atoms with E-state index in [1.807, 2.05) is 11.8 Å². The number of aliphatic hydroxyl groups is 1. The highest BCUT2D eigenvalue weighted by molar-refractivity contribution is 9.10. The lowest BCUT2D eigenvalue weighted by Gasteiger charge is -2.29. The SMILES string of the molecule is CCN(CC(C)(C)O)c1ncc(Cl)cc1Br. The highest BCUT2D eigenvalue weighted by Gasteiger charge is 2.19. The Morgan fingerprint density at radius 3 is 2.62 bits per heavy atom. The molecule has 0 aliphatic carbocycles. The summed E-state index contributed by atoms with van der Waals surface area (Å²) in [5, 5.41) is 10.4. The number of halogens is 2. The topological polar surface area (TPSA) is 36.4 Å². The van der Waals surface area contributed by atoms with Crippen LogP contribution < -0.4 is 4.90 Å². The van der Waals surface area contributed by atoms with Gasteiger partial charge in [-0.25, -0.2) is 4.98 Å². The minimum absolute atomic E-state index is 0.525. The molecule has 1 N–H and O–H groups in total. The van der Waals surface area contributed by atoms with Gasteiger partial charge in [0.05, 0.1) is 15.1 Å².